The molecule has 1 fully saturated rings. The van der Waals surface area contributed by atoms with Gasteiger partial charge < -0.3 is 5.73 Å². The zero-order valence-corrected chi connectivity index (χ0v) is 9.62. The van der Waals surface area contributed by atoms with E-state index in [1.807, 2.05) is 31.2 Å². The number of hydrogen-bond donors (Lipinski definition) is 2. The summed E-state index contributed by atoms with van der Waals surface area (Å²) < 4.78 is 0. The van der Waals surface area contributed by atoms with E-state index in [0.717, 1.165) is 36.9 Å². The number of piperidine rings is 1. The Hall–Kier alpha value is -1.35. The first-order chi connectivity index (χ1) is 7.67. The van der Waals surface area contributed by atoms with Crippen LogP contribution in [0.5, 0.6) is 0 Å². The normalized spacial score (nSPS) is 25.3. The van der Waals surface area contributed by atoms with Crippen molar-refractivity contribution in [3.63, 3.8) is 0 Å². The quantitative estimate of drug-likeness (QED) is 0.789. The molecule has 3 N–H and O–H groups in total. The second kappa shape index (κ2) is 4.26. The van der Waals surface area contributed by atoms with Crippen molar-refractivity contribution in [3.05, 3.63) is 35.4 Å². The van der Waals surface area contributed by atoms with Crippen LogP contribution < -0.4 is 11.1 Å². The number of primary amides is 1. The third kappa shape index (κ3) is 1.71. The van der Waals surface area contributed by atoms with Crippen molar-refractivity contribution in [2.75, 3.05) is 6.54 Å². The molecule has 1 heterocycles. The van der Waals surface area contributed by atoms with Crippen molar-refractivity contribution in [2.24, 2.45) is 5.73 Å². The van der Waals surface area contributed by atoms with Crippen LogP contribution in [0.15, 0.2) is 24.3 Å². The van der Waals surface area contributed by atoms with E-state index in [9.17, 15) is 4.79 Å². The highest BCUT2D eigenvalue weighted by Crippen LogP contribution is 2.32. The molecule has 86 valence electrons. The SMILES string of the molecule is Cc1ccccc1C1(C(N)=O)CCCCN1. The lowest BCUT2D eigenvalue weighted by Gasteiger charge is -2.37. The van der Waals surface area contributed by atoms with Crippen LogP contribution in [0.4, 0.5) is 0 Å². The number of carbonyl (C=O) groups excluding carboxylic acids is 1. The predicted molar refractivity (Wildman–Crippen MR) is 63.9 cm³/mol. The Morgan fingerprint density at radius 2 is 2.12 bits per heavy atom. The molecule has 1 aliphatic rings. The number of hydrogen-bond acceptors (Lipinski definition) is 2. The van der Waals surface area contributed by atoms with E-state index in [4.69, 9.17) is 5.73 Å². The Morgan fingerprint density at radius 1 is 1.38 bits per heavy atom. The predicted octanol–water partition coefficient (Wildman–Crippen LogP) is 1.45. The van der Waals surface area contributed by atoms with E-state index in [2.05, 4.69) is 5.32 Å². The molecule has 1 atom stereocenters. The van der Waals surface area contributed by atoms with E-state index in [1.165, 1.54) is 0 Å². The van der Waals surface area contributed by atoms with Gasteiger partial charge in [0, 0.05) is 0 Å². The van der Waals surface area contributed by atoms with Gasteiger partial charge in [-0.15, -0.1) is 0 Å². The van der Waals surface area contributed by atoms with Crippen molar-refractivity contribution in [1.82, 2.24) is 5.32 Å². The number of nitrogens with two attached hydrogens (primary N) is 1. The molecule has 16 heavy (non-hydrogen) atoms. The highest BCUT2D eigenvalue weighted by molar-refractivity contribution is 5.86. The number of carbonyl (C=O) groups is 1. The van der Waals surface area contributed by atoms with Crippen LogP contribution in [0.1, 0.15) is 30.4 Å². The summed E-state index contributed by atoms with van der Waals surface area (Å²) in [5.41, 5.74) is 7.10. The summed E-state index contributed by atoms with van der Waals surface area (Å²) in [6, 6.07) is 7.97. The summed E-state index contributed by atoms with van der Waals surface area (Å²) in [5, 5.41) is 3.31. The molecule has 0 radical (unpaired) electrons. The topological polar surface area (TPSA) is 55.1 Å². The van der Waals surface area contributed by atoms with Gasteiger partial charge in [-0.2, -0.15) is 0 Å². The first-order valence-corrected chi connectivity index (χ1v) is 5.78. The first kappa shape index (κ1) is 11.1. The van der Waals surface area contributed by atoms with Gasteiger partial charge in [0.05, 0.1) is 0 Å². The van der Waals surface area contributed by atoms with Gasteiger partial charge >= 0.3 is 0 Å². The number of aryl methyl sites for hydroxylation is 1. The van der Waals surface area contributed by atoms with Crippen LogP contribution in [-0.4, -0.2) is 12.5 Å². The Kier molecular flexibility index (Phi) is 2.97. The van der Waals surface area contributed by atoms with E-state index >= 15 is 0 Å². The Bertz CT molecular complexity index is 395. The second-order valence-electron chi connectivity index (χ2n) is 4.47. The van der Waals surface area contributed by atoms with Gasteiger partial charge in [0.2, 0.25) is 5.91 Å². The Morgan fingerprint density at radius 3 is 2.69 bits per heavy atom. The standard InChI is InChI=1S/C13H18N2O/c1-10-6-2-3-7-11(10)13(12(14)16)8-4-5-9-15-13/h2-3,6-7,15H,4-5,8-9H2,1H3,(H2,14,16). The van der Waals surface area contributed by atoms with Crippen molar-refractivity contribution in [3.8, 4) is 0 Å². The van der Waals surface area contributed by atoms with Gasteiger partial charge in [-0.3, -0.25) is 10.1 Å². The minimum Gasteiger partial charge on any atom is -0.368 e. The van der Waals surface area contributed by atoms with Crippen LogP contribution in [0.3, 0.4) is 0 Å². The Balaban J connectivity index is 2.47. The molecule has 0 bridgehead atoms. The molecule has 1 aromatic carbocycles. The third-order valence-electron chi connectivity index (χ3n) is 3.43. The number of benzene rings is 1. The lowest BCUT2D eigenvalue weighted by Crippen LogP contribution is -2.55. The molecule has 1 aliphatic heterocycles. The van der Waals surface area contributed by atoms with Gasteiger partial charge in [-0.25, -0.2) is 0 Å². The lowest BCUT2D eigenvalue weighted by molar-refractivity contribution is -0.125. The zero-order chi connectivity index (χ0) is 11.6. The van der Waals surface area contributed by atoms with Crippen molar-refractivity contribution in [2.45, 2.75) is 31.7 Å². The monoisotopic (exact) mass is 218 g/mol. The molecular formula is C13H18N2O. The van der Waals surface area contributed by atoms with Crippen molar-refractivity contribution >= 4 is 5.91 Å². The fourth-order valence-corrected chi connectivity index (χ4v) is 2.53. The fraction of sp³-hybridized carbons (Fsp3) is 0.462. The summed E-state index contributed by atoms with van der Waals surface area (Å²) in [6.07, 6.45) is 2.96. The fourth-order valence-electron chi connectivity index (χ4n) is 2.53. The molecule has 1 aromatic rings. The number of amides is 1. The summed E-state index contributed by atoms with van der Waals surface area (Å²) in [6.45, 7) is 2.88. The van der Waals surface area contributed by atoms with Gasteiger partial charge in [0.15, 0.2) is 0 Å². The van der Waals surface area contributed by atoms with Crippen molar-refractivity contribution in [1.29, 1.82) is 0 Å². The number of rotatable bonds is 2. The van der Waals surface area contributed by atoms with Crippen LogP contribution in [-0.2, 0) is 10.3 Å². The molecule has 1 amide bonds. The van der Waals surface area contributed by atoms with E-state index in [-0.39, 0.29) is 5.91 Å². The highest BCUT2D eigenvalue weighted by Gasteiger charge is 2.40. The second-order valence-corrected chi connectivity index (χ2v) is 4.47. The maximum atomic E-state index is 11.8. The minimum absolute atomic E-state index is 0.262. The molecule has 0 aliphatic carbocycles. The zero-order valence-electron chi connectivity index (χ0n) is 9.62. The highest BCUT2D eigenvalue weighted by atomic mass is 16.1. The first-order valence-electron chi connectivity index (χ1n) is 5.78. The molecule has 0 spiro atoms. The van der Waals surface area contributed by atoms with Crippen LogP contribution in [0.2, 0.25) is 0 Å². The Labute approximate surface area is 96.0 Å². The maximum absolute atomic E-state index is 11.8. The molecule has 3 nitrogen and oxygen atoms in total. The number of nitrogens with one attached hydrogen (secondary N) is 1. The molecule has 0 saturated carbocycles. The lowest BCUT2D eigenvalue weighted by atomic mass is 9.79. The molecule has 2 rings (SSSR count). The van der Waals surface area contributed by atoms with Gasteiger partial charge in [0.1, 0.15) is 5.54 Å². The summed E-state index contributed by atoms with van der Waals surface area (Å²) in [5.74, 6) is -0.262. The molecule has 1 saturated heterocycles. The van der Waals surface area contributed by atoms with E-state index in [0.29, 0.717) is 0 Å². The average molecular weight is 218 g/mol. The van der Waals surface area contributed by atoms with Crippen molar-refractivity contribution < 1.29 is 4.79 Å². The summed E-state index contributed by atoms with van der Waals surface area (Å²) >= 11 is 0. The summed E-state index contributed by atoms with van der Waals surface area (Å²) in [7, 11) is 0. The molecular weight excluding hydrogens is 200 g/mol. The van der Waals surface area contributed by atoms with Gasteiger partial charge in [-0.05, 0) is 43.9 Å². The molecule has 3 heteroatoms. The van der Waals surface area contributed by atoms with Crippen LogP contribution >= 0.6 is 0 Å². The minimum atomic E-state index is -0.649. The third-order valence-corrected chi connectivity index (χ3v) is 3.43. The average Bonchev–Trinajstić information content (AvgIpc) is 2.30. The van der Waals surface area contributed by atoms with Gasteiger partial charge in [0.25, 0.3) is 0 Å². The van der Waals surface area contributed by atoms with E-state index in [1.54, 1.807) is 0 Å². The molecule has 0 aromatic heterocycles. The molecule has 1 unspecified atom stereocenters. The van der Waals surface area contributed by atoms with Gasteiger partial charge in [-0.1, -0.05) is 24.3 Å². The largest absolute Gasteiger partial charge is 0.368 e. The maximum Gasteiger partial charge on any atom is 0.242 e. The van der Waals surface area contributed by atoms with Crippen LogP contribution in [0, 0.1) is 6.92 Å². The van der Waals surface area contributed by atoms with Crippen LogP contribution in [0.25, 0.3) is 0 Å². The smallest absolute Gasteiger partial charge is 0.242 e. The summed E-state index contributed by atoms with van der Waals surface area (Å²) in [4.78, 5) is 11.8. The van der Waals surface area contributed by atoms with E-state index < -0.39 is 5.54 Å².